The normalized spacial score (nSPS) is 10.1. The van der Waals surface area contributed by atoms with E-state index in [4.69, 9.17) is 5.11 Å². The molecule has 1 aromatic heterocycles. The van der Waals surface area contributed by atoms with Crippen molar-refractivity contribution in [2.75, 3.05) is 5.75 Å². The minimum absolute atomic E-state index is 0.0980. The van der Waals surface area contributed by atoms with Gasteiger partial charge in [-0.15, -0.1) is 11.8 Å². The average Bonchev–Trinajstić information content (AvgIpc) is 2.36. The summed E-state index contributed by atoms with van der Waals surface area (Å²) in [5.74, 6) is 0.203. The van der Waals surface area contributed by atoms with E-state index >= 15 is 0 Å². The van der Waals surface area contributed by atoms with Crippen LogP contribution in [0.1, 0.15) is 12.5 Å². The number of carbonyl (C=O) groups is 1. The first-order chi connectivity index (χ1) is 5.72. The van der Waals surface area contributed by atoms with Crippen LogP contribution in [-0.2, 0) is 11.2 Å². The lowest BCUT2D eigenvalue weighted by molar-refractivity contribution is -0.136. The van der Waals surface area contributed by atoms with E-state index in [0.29, 0.717) is 0 Å². The number of nitrogens with one attached hydrogen (secondary N) is 1. The summed E-state index contributed by atoms with van der Waals surface area (Å²) in [6.45, 7) is 2.06. The number of hydrogen-bond donors (Lipinski definition) is 2. The van der Waals surface area contributed by atoms with Crippen LogP contribution in [0.4, 0.5) is 0 Å². The molecule has 1 heterocycles. The number of thioether (sulfide) groups is 1. The zero-order valence-corrected chi connectivity index (χ0v) is 7.65. The van der Waals surface area contributed by atoms with E-state index in [-0.39, 0.29) is 6.42 Å². The zero-order valence-electron chi connectivity index (χ0n) is 6.83. The zero-order chi connectivity index (χ0) is 8.97. The van der Waals surface area contributed by atoms with E-state index in [1.54, 1.807) is 18.0 Å². The second-order valence-electron chi connectivity index (χ2n) is 2.38. The van der Waals surface area contributed by atoms with E-state index in [1.807, 2.05) is 6.07 Å². The van der Waals surface area contributed by atoms with Crippen molar-refractivity contribution in [1.82, 2.24) is 4.98 Å². The van der Waals surface area contributed by atoms with Crippen molar-refractivity contribution in [1.29, 1.82) is 0 Å². The molecule has 0 atom stereocenters. The SMILES string of the molecule is CCSc1cc(CC(=O)O)c[nH]1. The van der Waals surface area contributed by atoms with Crippen molar-refractivity contribution in [2.24, 2.45) is 0 Å². The van der Waals surface area contributed by atoms with Gasteiger partial charge in [0.2, 0.25) is 0 Å². The van der Waals surface area contributed by atoms with Crippen LogP contribution in [0.25, 0.3) is 0 Å². The second-order valence-corrected chi connectivity index (χ2v) is 3.68. The minimum Gasteiger partial charge on any atom is -0.481 e. The van der Waals surface area contributed by atoms with E-state index < -0.39 is 5.97 Å². The summed E-state index contributed by atoms with van der Waals surface area (Å²) in [5, 5.41) is 9.52. The Kier molecular flexibility index (Phi) is 3.22. The summed E-state index contributed by atoms with van der Waals surface area (Å²) >= 11 is 1.67. The Bertz CT molecular complexity index is 270. The molecule has 0 spiro atoms. The lowest BCUT2D eigenvalue weighted by Crippen LogP contribution is -1.97. The van der Waals surface area contributed by atoms with Crippen molar-refractivity contribution in [2.45, 2.75) is 18.4 Å². The van der Waals surface area contributed by atoms with Gasteiger partial charge < -0.3 is 10.1 Å². The molecule has 1 rings (SSSR count). The molecule has 0 saturated heterocycles. The fraction of sp³-hybridized carbons (Fsp3) is 0.375. The standard InChI is InChI=1S/C8H11NO2S/c1-2-12-7-3-6(5-9-7)4-8(10)11/h3,5,9H,2,4H2,1H3,(H,10,11). The number of aromatic amines is 1. The Morgan fingerprint density at radius 1 is 1.75 bits per heavy atom. The summed E-state index contributed by atoms with van der Waals surface area (Å²) in [4.78, 5) is 13.3. The van der Waals surface area contributed by atoms with Crippen LogP contribution in [0.2, 0.25) is 0 Å². The summed E-state index contributed by atoms with van der Waals surface area (Å²) in [7, 11) is 0. The number of rotatable bonds is 4. The number of hydrogen-bond acceptors (Lipinski definition) is 2. The Labute approximate surface area is 75.2 Å². The molecule has 2 N–H and O–H groups in total. The van der Waals surface area contributed by atoms with Crippen LogP contribution in [-0.4, -0.2) is 21.8 Å². The molecule has 0 fully saturated rings. The van der Waals surface area contributed by atoms with Crippen molar-refractivity contribution >= 4 is 17.7 Å². The summed E-state index contributed by atoms with van der Waals surface area (Å²) in [5.41, 5.74) is 0.832. The fourth-order valence-corrected chi connectivity index (χ4v) is 1.62. The first kappa shape index (κ1) is 9.19. The lowest BCUT2D eigenvalue weighted by atomic mass is 10.2. The summed E-state index contributed by atoms with van der Waals surface area (Å²) in [6.07, 6.45) is 1.84. The number of H-pyrrole nitrogens is 1. The van der Waals surface area contributed by atoms with E-state index in [2.05, 4.69) is 11.9 Å². The highest BCUT2D eigenvalue weighted by molar-refractivity contribution is 7.99. The van der Waals surface area contributed by atoms with Gasteiger partial charge in [0.15, 0.2) is 0 Å². The van der Waals surface area contributed by atoms with Gasteiger partial charge in [0, 0.05) is 6.20 Å². The van der Waals surface area contributed by atoms with Crippen molar-refractivity contribution in [3.8, 4) is 0 Å². The smallest absolute Gasteiger partial charge is 0.307 e. The summed E-state index contributed by atoms with van der Waals surface area (Å²) < 4.78 is 0. The van der Waals surface area contributed by atoms with Gasteiger partial charge in [-0.05, 0) is 17.4 Å². The highest BCUT2D eigenvalue weighted by Gasteiger charge is 2.02. The molecule has 0 unspecified atom stereocenters. The maximum absolute atomic E-state index is 10.3. The predicted molar refractivity (Wildman–Crippen MR) is 48.5 cm³/mol. The van der Waals surface area contributed by atoms with Gasteiger partial charge in [0.25, 0.3) is 0 Å². The number of carboxylic acids is 1. The molecule has 1 aromatic rings. The molecule has 4 heteroatoms. The minimum atomic E-state index is -0.790. The molecule has 66 valence electrons. The van der Waals surface area contributed by atoms with Gasteiger partial charge in [0.1, 0.15) is 0 Å². The number of aliphatic carboxylic acids is 1. The number of aromatic nitrogens is 1. The molecule has 0 aromatic carbocycles. The van der Waals surface area contributed by atoms with Crippen LogP contribution in [0.5, 0.6) is 0 Å². The molecular weight excluding hydrogens is 174 g/mol. The van der Waals surface area contributed by atoms with Gasteiger partial charge in [-0.2, -0.15) is 0 Å². The number of carboxylic acid groups (broad SMARTS) is 1. The third-order valence-corrected chi connectivity index (χ3v) is 2.21. The molecule has 0 aliphatic heterocycles. The Morgan fingerprint density at radius 2 is 2.50 bits per heavy atom. The van der Waals surface area contributed by atoms with Gasteiger partial charge >= 0.3 is 5.97 Å². The lowest BCUT2D eigenvalue weighted by Gasteiger charge is -1.89. The van der Waals surface area contributed by atoms with Crippen LogP contribution in [0, 0.1) is 0 Å². The Hall–Kier alpha value is -0.900. The van der Waals surface area contributed by atoms with Gasteiger partial charge in [-0.1, -0.05) is 6.92 Å². The van der Waals surface area contributed by atoms with E-state index in [9.17, 15) is 4.79 Å². The topological polar surface area (TPSA) is 53.1 Å². The van der Waals surface area contributed by atoms with E-state index in [0.717, 1.165) is 16.3 Å². The highest BCUT2D eigenvalue weighted by Crippen LogP contribution is 2.16. The second kappa shape index (κ2) is 4.21. The average molecular weight is 185 g/mol. The van der Waals surface area contributed by atoms with Crippen LogP contribution >= 0.6 is 11.8 Å². The fourth-order valence-electron chi connectivity index (χ4n) is 0.931. The first-order valence-corrected chi connectivity index (χ1v) is 4.73. The van der Waals surface area contributed by atoms with Gasteiger partial charge in [-0.25, -0.2) is 0 Å². The van der Waals surface area contributed by atoms with Crippen molar-refractivity contribution in [3.05, 3.63) is 17.8 Å². The molecular formula is C8H11NO2S. The van der Waals surface area contributed by atoms with Crippen LogP contribution in [0.3, 0.4) is 0 Å². The third kappa shape index (κ3) is 2.62. The van der Waals surface area contributed by atoms with Crippen molar-refractivity contribution < 1.29 is 9.90 Å². The molecule has 0 aliphatic carbocycles. The Morgan fingerprint density at radius 3 is 3.08 bits per heavy atom. The van der Waals surface area contributed by atoms with Gasteiger partial charge in [-0.3, -0.25) is 4.79 Å². The molecule has 0 radical (unpaired) electrons. The molecule has 0 amide bonds. The molecule has 0 bridgehead atoms. The molecule has 0 saturated carbocycles. The van der Waals surface area contributed by atoms with Crippen LogP contribution in [0.15, 0.2) is 17.3 Å². The molecule has 3 nitrogen and oxygen atoms in total. The Balaban J connectivity index is 2.58. The maximum atomic E-state index is 10.3. The monoisotopic (exact) mass is 185 g/mol. The predicted octanol–water partition coefficient (Wildman–Crippen LogP) is 1.75. The maximum Gasteiger partial charge on any atom is 0.307 e. The largest absolute Gasteiger partial charge is 0.481 e. The van der Waals surface area contributed by atoms with Crippen LogP contribution < -0.4 is 0 Å². The third-order valence-electron chi connectivity index (χ3n) is 1.37. The quantitative estimate of drug-likeness (QED) is 0.703. The molecule has 0 aliphatic rings. The highest BCUT2D eigenvalue weighted by atomic mass is 32.2. The van der Waals surface area contributed by atoms with Crippen molar-refractivity contribution in [3.63, 3.8) is 0 Å². The summed E-state index contributed by atoms with van der Waals surface area (Å²) in [6, 6.07) is 1.88. The first-order valence-electron chi connectivity index (χ1n) is 3.74. The van der Waals surface area contributed by atoms with E-state index in [1.165, 1.54) is 0 Å². The molecule has 12 heavy (non-hydrogen) atoms. The van der Waals surface area contributed by atoms with Gasteiger partial charge in [0.05, 0.1) is 11.4 Å².